The number of hydrogen-bond acceptors (Lipinski definition) is 2. The molecule has 2 rings (SSSR count). The zero-order valence-electron chi connectivity index (χ0n) is 7.99. The minimum absolute atomic E-state index is 0.551. The van der Waals surface area contributed by atoms with Crippen LogP contribution in [0.15, 0.2) is 23.0 Å². The molecule has 72 valence electrons. The van der Waals surface area contributed by atoms with Gasteiger partial charge in [-0.3, -0.25) is 0 Å². The Hall–Kier alpha value is -0.760. The van der Waals surface area contributed by atoms with Crippen LogP contribution in [0.25, 0.3) is 0 Å². The summed E-state index contributed by atoms with van der Waals surface area (Å²) in [7, 11) is 0. The van der Waals surface area contributed by atoms with Crippen LogP contribution in [0.3, 0.4) is 0 Å². The lowest BCUT2D eigenvalue weighted by molar-refractivity contribution is 0.0454. The van der Waals surface area contributed by atoms with Crippen LogP contribution < -0.4 is 0 Å². The SMILES string of the molecule is CC(O)(Cc1ccoc1)CC1CC1. The van der Waals surface area contributed by atoms with Gasteiger partial charge in [-0.15, -0.1) is 0 Å². The number of hydrogen-bond donors (Lipinski definition) is 1. The molecule has 0 spiro atoms. The van der Waals surface area contributed by atoms with Gasteiger partial charge in [0.15, 0.2) is 0 Å². The summed E-state index contributed by atoms with van der Waals surface area (Å²) in [4.78, 5) is 0. The van der Waals surface area contributed by atoms with E-state index in [1.165, 1.54) is 12.8 Å². The van der Waals surface area contributed by atoms with Crippen molar-refractivity contribution < 1.29 is 9.52 Å². The van der Waals surface area contributed by atoms with Crippen molar-refractivity contribution in [2.75, 3.05) is 0 Å². The number of aliphatic hydroxyl groups is 1. The molecule has 13 heavy (non-hydrogen) atoms. The molecule has 1 aromatic rings. The highest BCUT2D eigenvalue weighted by atomic mass is 16.3. The van der Waals surface area contributed by atoms with Crippen LogP contribution in [-0.4, -0.2) is 10.7 Å². The van der Waals surface area contributed by atoms with Crippen LogP contribution in [0, 0.1) is 5.92 Å². The van der Waals surface area contributed by atoms with Crippen molar-refractivity contribution in [1.29, 1.82) is 0 Å². The third-order valence-corrected chi connectivity index (χ3v) is 2.59. The van der Waals surface area contributed by atoms with Crippen molar-refractivity contribution >= 4 is 0 Å². The summed E-state index contributed by atoms with van der Waals surface area (Å²) in [5.41, 5.74) is 0.538. The molecule has 1 saturated carbocycles. The second-order valence-electron chi connectivity index (χ2n) is 4.45. The second kappa shape index (κ2) is 3.18. The average molecular weight is 180 g/mol. The van der Waals surface area contributed by atoms with Gasteiger partial charge in [-0.25, -0.2) is 0 Å². The van der Waals surface area contributed by atoms with Crippen molar-refractivity contribution in [2.24, 2.45) is 5.92 Å². The van der Waals surface area contributed by atoms with Gasteiger partial charge in [0.2, 0.25) is 0 Å². The zero-order valence-corrected chi connectivity index (χ0v) is 7.99. The molecule has 0 aromatic carbocycles. The molecule has 0 saturated heterocycles. The van der Waals surface area contributed by atoms with Gasteiger partial charge in [0.1, 0.15) is 0 Å². The van der Waals surface area contributed by atoms with E-state index < -0.39 is 5.60 Å². The highest BCUT2D eigenvalue weighted by Gasteiger charge is 2.31. The summed E-state index contributed by atoms with van der Waals surface area (Å²) in [6.45, 7) is 1.92. The molecular weight excluding hydrogens is 164 g/mol. The molecule has 1 aromatic heterocycles. The van der Waals surface area contributed by atoms with Gasteiger partial charge in [0.05, 0.1) is 18.1 Å². The molecule has 0 aliphatic heterocycles. The largest absolute Gasteiger partial charge is 0.472 e. The molecule has 1 aliphatic carbocycles. The van der Waals surface area contributed by atoms with Gasteiger partial charge in [0.25, 0.3) is 0 Å². The lowest BCUT2D eigenvalue weighted by Gasteiger charge is -2.22. The zero-order chi connectivity index (χ0) is 9.31. The van der Waals surface area contributed by atoms with Gasteiger partial charge in [-0.2, -0.15) is 0 Å². The maximum absolute atomic E-state index is 10.1. The first-order chi connectivity index (χ1) is 6.16. The van der Waals surface area contributed by atoms with Crippen LogP contribution in [0.4, 0.5) is 0 Å². The highest BCUT2D eigenvalue weighted by Crippen LogP contribution is 2.37. The predicted molar refractivity (Wildman–Crippen MR) is 50.4 cm³/mol. The third-order valence-electron chi connectivity index (χ3n) is 2.59. The summed E-state index contributed by atoms with van der Waals surface area (Å²) in [5.74, 6) is 0.766. The first kappa shape index (κ1) is 8.82. The fraction of sp³-hybridized carbons (Fsp3) is 0.636. The Bertz CT molecular complexity index is 258. The Labute approximate surface area is 78.6 Å². The maximum Gasteiger partial charge on any atom is 0.0935 e. The minimum Gasteiger partial charge on any atom is -0.472 e. The van der Waals surface area contributed by atoms with E-state index in [4.69, 9.17) is 4.42 Å². The molecular formula is C11H16O2. The molecule has 1 fully saturated rings. The molecule has 1 N–H and O–H groups in total. The summed E-state index contributed by atoms with van der Waals surface area (Å²) >= 11 is 0. The Balaban J connectivity index is 1.90. The van der Waals surface area contributed by atoms with Crippen LogP contribution in [0.5, 0.6) is 0 Å². The molecule has 0 bridgehead atoms. The average Bonchev–Trinajstić information content (AvgIpc) is 2.64. The van der Waals surface area contributed by atoms with Gasteiger partial charge < -0.3 is 9.52 Å². The van der Waals surface area contributed by atoms with Crippen molar-refractivity contribution in [2.45, 2.75) is 38.2 Å². The second-order valence-corrected chi connectivity index (χ2v) is 4.45. The van der Waals surface area contributed by atoms with Gasteiger partial charge in [-0.1, -0.05) is 12.8 Å². The predicted octanol–water partition coefficient (Wildman–Crippen LogP) is 2.37. The Morgan fingerprint density at radius 2 is 2.38 bits per heavy atom. The smallest absolute Gasteiger partial charge is 0.0935 e. The Morgan fingerprint density at radius 1 is 1.62 bits per heavy atom. The van der Waals surface area contributed by atoms with E-state index in [0.717, 1.165) is 17.9 Å². The first-order valence-corrected chi connectivity index (χ1v) is 4.89. The first-order valence-electron chi connectivity index (χ1n) is 4.89. The molecule has 1 atom stereocenters. The van der Waals surface area contributed by atoms with Crippen LogP contribution in [-0.2, 0) is 6.42 Å². The fourth-order valence-electron chi connectivity index (χ4n) is 1.85. The van der Waals surface area contributed by atoms with Crippen LogP contribution >= 0.6 is 0 Å². The van der Waals surface area contributed by atoms with Crippen molar-refractivity contribution in [3.8, 4) is 0 Å². The standard InChI is InChI=1S/C11H16O2/c1-11(12,6-9-2-3-9)7-10-4-5-13-8-10/h4-5,8-9,12H,2-3,6-7H2,1H3. The summed E-state index contributed by atoms with van der Waals surface area (Å²) < 4.78 is 4.97. The van der Waals surface area contributed by atoms with E-state index in [1.54, 1.807) is 12.5 Å². The monoisotopic (exact) mass is 180 g/mol. The molecule has 1 heterocycles. The van der Waals surface area contributed by atoms with Crippen LogP contribution in [0.2, 0.25) is 0 Å². The minimum atomic E-state index is -0.551. The van der Waals surface area contributed by atoms with E-state index in [2.05, 4.69) is 0 Å². The summed E-state index contributed by atoms with van der Waals surface area (Å²) in [5, 5.41) is 10.1. The van der Waals surface area contributed by atoms with E-state index >= 15 is 0 Å². The normalized spacial score (nSPS) is 21.4. The van der Waals surface area contributed by atoms with Gasteiger partial charge in [-0.05, 0) is 30.9 Å². The lowest BCUT2D eigenvalue weighted by atomic mass is 9.92. The Morgan fingerprint density at radius 3 is 2.92 bits per heavy atom. The molecule has 2 nitrogen and oxygen atoms in total. The lowest BCUT2D eigenvalue weighted by Crippen LogP contribution is -2.27. The molecule has 0 radical (unpaired) electrons. The van der Waals surface area contributed by atoms with E-state index in [0.29, 0.717) is 6.42 Å². The van der Waals surface area contributed by atoms with Gasteiger partial charge in [0, 0.05) is 6.42 Å². The summed E-state index contributed by atoms with van der Waals surface area (Å²) in [6, 6.07) is 1.92. The molecule has 0 amide bonds. The van der Waals surface area contributed by atoms with E-state index in [9.17, 15) is 5.11 Å². The van der Waals surface area contributed by atoms with Crippen LogP contribution in [0.1, 0.15) is 31.7 Å². The van der Waals surface area contributed by atoms with Gasteiger partial charge >= 0.3 is 0 Å². The van der Waals surface area contributed by atoms with E-state index in [-0.39, 0.29) is 0 Å². The summed E-state index contributed by atoms with van der Waals surface area (Å²) in [6.07, 6.45) is 7.59. The third kappa shape index (κ3) is 2.59. The van der Waals surface area contributed by atoms with Crippen molar-refractivity contribution in [1.82, 2.24) is 0 Å². The van der Waals surface area contributed by atoms with E-state index in [1.807, 2.05) is 13.0 Å². The maximum atomic E-state index is 10.1. The van der Waals surface area contributed by atoms with Crippen molar-refractivity contribution in [3.63, 3.8) is 0 Å². The topological polar surface area (TPSA) is 33.4 Å². The number of furan rings is 1. The number of rotatable bonds is 4. The molecule has 1 aliphatic rings. The molecule has 2 heteroatoms. The highest BCUT2D eigenvalue weighted by molar-refractivity contribution is 5.09. The Kier molecular flexibility index (Phi) is 2.16. The quantitative estimate of drug-likeness (QED) is 0.771. The fourth-order valence-corrected chi connectivity index (χ4v) is 1.85. The molecule has 1 unspecified atom stereocenters. The van der Waals surface area contributed by atoms with Crippen molar-refractivity contribution in [3.05, 3.63) is 24.2 Å².